The van der Waals surface area contributed by atoms with Crippen LogP contribution in [0.5, 0.6) is 0 Å². The van der Waals surface area contributed by atoms with Crippen molar-refractivity contribution in [3.05, 3.63) is 59.8 Å². The van der Waals surface area contributed by atoms with Crippen molar-refractivity contribution in [2.75, 3.05) is 39.3 Å². The first-order chi connectivity index (χ1) is 12.2. The van der Waals surface area contributed by atoms with E-state index in [1.807, 2.05) is 12.1 Å². The molecule has 1 unspecified atom stereocenters. The standard InChI is InChI=1S/C19H25FN2O3/c20-19-6-2-1-4-16(19)14-24-15-17(23)12-21-7-9-22(10-8-21)13-18-5-3-11-25-18/h1-6,11,17,23H,7-10,12-15H2. The van der Waals surface area contributed by atoms with Gasteiger partial charge in [-0.3, -0.25) is 9.80 Å². The lowest BCUT2D eigenvalue weighted by Gasteiger charge is -2.35. The molecule has 1 aromatic carbocycles. The van der Waals surface area contributed by atoms with Gasteiger partial charge in [0.1, 0.15) is 11.6 Å². The lowest BCUT2D eigenvalue weighted by Crippen LogP contribution is -2.48. The number of benzene rings is 1. The van der Waals surface area contributed by atoms with E-state index >= 15 is 0 Å². The summed E-state index contributed by atoms with van der Waals surface area (Å²) in [5.74, 6) is 0.708. The van der Waals surface area contributed by atoms with Gasteiger partial charge in [-0.1, -0.05) is 18.2 Å². The maximum absolute atomic E-state index is 13.5. The minimum Gasteiger partial charge on any atom is -0.468 e. The number of rotatable bonds is 8. The SMILES string of the molecule is OC(COCc1ccccc1F)CN1CCN(Cc2ccco2)CC1. The van der Waals surface area contributed by atoms with Gasteiger partial charge in [0, 0.05) is 38.3 Å². The summed E-state index contributed by atoms with van der Waals surface area (Å²) in [5.41, 5.74) is 0.515. The molecular formula is C19H25FN2O3. The van der Waals surface area contributed by atoms with E-state index in [-0.39, 0.29) is 19.0 Å². The summed E-state index contributed by atoms with van der Waals surface area (Å²) in [6.45, 7) is 5.51. The van der Waals surface area contributed by atoms with E-state index in [2.05, 4.69) is 9.80 Å². The topological polar surface area (TPSA) is 49.1 Å². The zero-order chi connectivity index (χ0) is 17.5. The predicted molar refractivity (Wildman–Crippen MR) is 92.5 cm³/mol. The highest BCUT2D eigenvalue weighted by atomic mass is 19.1. The van der Waals surface area contributed by atoms with Crippen LogP contribution in [0.1, 0.15) is 11.3 Å². The fourth-order valence-electron chi connectivity index (χ4n) is 3.02. The highest BCUT2D eigenvalue weighted by Gasteiger charge is 2.20. The molecule has 0 spiro atoms. The molecule has 1 atom stereocenters. The van der Waals surface area contributed by atoms with E-state index in [0.717, 1.165) is 38.5 Å². The van der Waals surface area contributed by atoms with E-state index < -0.39 is 6.10 Å². The van der Waals surface area contributed by atoms with Crippen molar-refractivity contribution in [3.8, 4) is 0 Å². The van der Waals surface area contributed by atoms with Crippen molar-refractivity contribution >= 4 is 0 Å². The third-order valence-corrected chi connectivity index (χ3v) is 4.42. The van der Waals surface area contributed by atoms with Crippen LogP contribution in [0.25, 0.3) is 0 Å². The monoisotopic (exact) mass is 348 g/mol. The van der Waals surface area contributed by atoms with Crippen molar-refractivity contribution in [2.24, 2.45) is 0 Å². The molecule has 3 rings (SSSR count). The molecule has 1 N–H and O–H groups in total. The second-order valence-electron chi connectivity index (χ2n) is 6.42. The van der Waals surface area contributed by atoms with Gasteiger partial charge in [-0.05, 0) is 18.2 Å². The van der Waals surface area contributed by atoms with Crippen LogP contribution < -0.4 is 0 Å². The number of piperazine rings is 1. The lowest BCUT2D eigenvalue weighted by atomic mass is 10.2. The summed E-state index contributed by atoms with van der Waals surface area (Å²) in [7, 11) is 0. The quantitative estimate of drug-likeness (QED) is 0.792. The molecule has 0 amide bonds. The molecule has 1 fully saturated rings. The fraction of sp³-hybridized carbons (Fsp3) is 0.474. The summed E-state index contributed by atoms with van der Waals surface area (Å²) < 4.78 is 24.3. The van der Waals surface area contributed by atoms with Gasteiger partial charge in [-0.2, -0.15) is 0 Å². The van der Waals surface area contributed by atoms with Gasteiger partial charge in [0.2, 0.25) is 0 Å². The number of β-amino-alcohol motifs (C(OH)–C–C–N with tert-alkyl or cyclic N) is 1. The number of halogens is 1. The number of aliphatic hydroxyl groups excluding tert-OH is 1. The molecule has 136 valence electrons. The maximum Gasteiger partial charge on any atom is 0.128 e. The fourth-order valence-corrected chi connectivity index (χ4v) is 3.02. The van der Waals surface area contributed by atoms with Crippen molar-refractivity contribution in [2.45, 2.75) is 19.3 Å². The zero-order valence-corrected chi connectivity index (χ0v) is 14.3. The van der Waals surface area contributed by atoms with E-state index in [1.165, 1.54) is 6.07 Å². The molecule has 2 heterocycles. The summed E-state index contributed by atoms with van der Waals surface area (Å²) in [4.78, 5) is 4.58. The largest absolute Gasteiger partial charge is 0.468 e. The van der Waals surface area contributed by atoms with E-state index in [9.17, 15) is 9.50 Å². The number of aliphatic hydroxyl groups is 1. The van der Waals surface area contributed by atoms with Crippen LogP contribution in [0.2, 0.25) is 0 Å². The third kappa shape index (κ3) is 5.64. The molecule has 2 aromatic rings. The third-order valence-electron chi connectivity index (χ3n) is 4.42. The normalized spacial score (nSPS) is 17.7. The van der Waals surface area contributed by atoms with Crippen molar-refractivity contribution < 1.29 is 18.7 Å². The van der Waals surface area contributed by atoms with E-state index in [1.54, 1.807) is 24.5 Å². The van der Waals surface area contributed by atoms with Gasteiger partial charge in [-0.15, -0.1) is 0 Å². The molecule has 1 aromatic heterocycles. The maximum atomic E-state index is 13.5. The highest BCUT2D eigenvalue weighted by Crippen LogP contribution is 2.10. The Labute approximate surface area is 147 Å². The Morgan fingerprint density at radius 1 is 1.08 bits per heavy atom. The Morgan fingerprint density at radius 2 is 1.84 bits per heavy atom. The summed E-state index contributed by atoms with van der Waals surface area (Å²) in [5, 5.41) is 10.1. The van der Waals surface area contributed by atoms with Gasteiger partial charge in [0.05, 0.1) is 32.1 Å². The second-order valence-corrected chi connectivity index (χ2v) is 6.42. The van der Waals surface area contributed by atoms with Crippen LogP contribution in [0.3, 0.4) is 0 Å². The molecule has 5 nitrogen and oxygen atoms in total. The van der Waals surface area contributed by atoms with Gasteiger partial charge in [0.25, 0.3) is 0 Å². The zero-order valence-electron chi connectivity index (χ0n) is 14.3. The van der Waals surface area contributed by atoms with E-state index in [4.69, 9.17) is 9.15 Å². The van der Waals surface area contributed by atoms with Gasteiger partial charge in [-0.25, -0.2) is 4.39 Å². The summed E-state index contributed by atoms with van der Waals surface area (Å²) >= 11 is 0. The molecule has 25 heavy (non-hydrogen) atoms. The smallest absolute Gasteiger partial charge is 0.128 e. The second kappa shape index (κ2) is 9.10. The van der Waals surface area contributed by atoms with E-state index in [0.29, 0.717) is 12.1 Å². The molecule has 0 bridgehead atoms. The molecule has 0 saturated carbocycles. The Morgan fingerprint density at radius 3 is 2.56 bits per heavy atom. The number of nitrogens with zero attached hydrogens (tertiary/aromatic N) is 2. The van der Waals surface area contributed by atoms with Crippen LogP contribution in [-0.4, -0.2) is 60.3 Å². The van der Waals surface area contributed by atoms with Gasteiger partial charge >= 0.3 is 0 Å². The van der Waals surface area contributed by atoms with Crippen molar-refractivity contribution in [1.29, 1.82) is 0 Å². The van der Waals surface area contributed by atoms with Crippen LogP contribution in [0.4, 0.5) is 4.39 Å². The first-order valence-corrected chi connectivity index (χ1v) is 8.67. The average molecular weight is 348 g/mol. The van der Waals surface area contributed by atoms with Crippen molar-refractivity contribution in [1.82, 2.24) is 9.80 Å². The summed E-state index contributed by atoms with van der Waals surface area (Å²) in [6, 6.07) is 10.4. The van der Waals surface area contributed by atoms with Crippen LogP contribution in [0.15, 0.2) is 47.1 Å². The van der Waals surface area contributed by atoms with Crippen LogP contribution in [-0.2, 0) is 17.9 Å². The van der Waals surface area contributed by atoms with Crippen LogP contribution in [0, 0.1) is 5.82 Å². The molecule has 1 aliphatic rings. The highest BCUT2D eigenvalue weighted by molar-refractivity contribution is 5.16. The minimum absolute atomic E-state index is 0.181. The van der Waals surface area contributed by atoms with Crippen molar-refractivity contribution in [3.63, 3.8) is 0 Å². The molecule has 1 saturated heterocycles. The molecule has 0 aliphatic carbocycles. The Bertz CT molecular complexity index is 627. The number of hydrogen-bond donors (Lipinski definition) is 1. The molecular weight excluding hydrogens is 323 g/mol. The van der Waals surface area contributed by atoms with Gasteiger partial charge in [0.15, 0.2) is 0 Å². The first kappa shape index (κ1) is 18.1. The first-order valence-electron chi connectivity index (χ1n) is 8.67. The molecule has 6 heteroatoms. The number of furan rings is 1. The summed E-state index contributed by atoms with van der Waals surface area (Å²) in [6.07, 6.45) is 1.13. The lowest BCUT2D eigenvalue weighted by molar-refractivity contribution is -0.000134. The van der Waals surface area contributed by atoms with Gasteiger partial charge < -0.3 is 14.3 Å². The predicted octanol–water partition coefficient (Wildman–Crippen LogP) is 2.11. The van der Waals surface area contributed by atoms with Crippen LogP contribution >= 0.6 is 0 Å². The molecule has 1 aliphatic heterocycles. The number of ether oxygens (including phenoxy) is 1. The number of hydrogen-bond acceptors (Lipinski definition) is 5. The Kier molecular flexibility index (Phi) is 6.58. The Hall–Kier alpha value is -1.73. The minimum atomic E-state index is -0.566. The average Bonchev–Trinajstić information content (AvgIpc) is 3.11. The Balaban J connectivity index is 1.32. The molecule has 0 radical (unpaired) electrons.